The summed E-state index contributed by atoms with van der Waals surface area (Å²) in [4.78, 5) is 27.8. The predicted molar refractivity (Wildman–Crippen MR) is 82.0 cm³/mol. The Morgan fingerprint density at radius 2 is 2.19 bits per heavy atom. The fourth-order valence-corrected chi connectivity index (χ4v) is 2.42. The van der Waals surface area contributed by atoms with Gasteiger partial charge >= 0.3 is 0 Å². The molecule has 122 valence electrons. The lowest BCUT2D eigenvalue weighted by molar-refractivity contribution is -0.129. The van der Waals surface area contributed by atoms with Crippen LogP contribution in [0.2, 0.25) is 0 Å². The van der Waals surface area contributed by atoms with Crippen molar-refractivity contribution in [2.75, 3.05) is 53.5 Å². The summed E-state index contributed by atoms with van der Waals surface area (Å²) in [6.45, 7) is 6.19. The van der Waals surface area contributed by atoms with Gasteiger partial charge in [0.15, 0.2) is 0 Å². The van der Waals surface area contributed by atoms with Crippen LogP contribution in [0, 0.1) is 5.92 Å². The van der Waals surface area contributed by atoms with Crippen molar-refractivity contribution in [3.05, 3.63) is 0 Å². The maximum absolute atomic E-state index is 12.0. The number of nitrogens with zero attached hydrogens (tertiary/aromatic N) is 2. The van der Waals surface area contributed by atoms with Crippen LogP contribution in [0.25, 0.3) is 0 Å². The van der Waals surface area contributed by atoms with E-state index in [0.29, 0.717) is 32.7 Å². The Morgan fingerprint density at radius 3 is 2.86 bits per heavy atom. The minimum atomic E-state index is -0.191. The lowest BCUT2D eigenvalue weighted by Gasteiger charge is -2.18. The summed E-state index contributed by atoms with van der Waals surface area (Å²) < 4.78 is 5.22. The molecule has 1 atom stereocenters. The van der Waals surface area contributed by atoms with Gasteiger partial charge in [0.05, 0.1) is 5.92 Å². The maximum Gasteiger partial charge on any atom is 0.225 e. The molecule has 2 amide bonds. The standard InChI is InChI=1S/C15H29N3O3/c1-4-21-10-5-7-16-15(20)13-11-14(19)18(12-13)9-6-8-17(2)3/h13H,4-12H2,1-3H3,(H,16,20). The minimum absolute atomic E-state index is 0.00467. The Hall–Kier alpha value is -1.14. The number of likely N-dealkylation sites (tertiary alicyclic amines) is 1. The fraction of sp³-hybridized carbons (Fsp3) is 0.867. The predicted octanol–water partition coefficient (Wildman–Crippen LogP) is 0.329. The number of carbonyl (C=O) groups excluding carboxylic acids is 2. The average Bonchev–Trinajstić information content (AvgIpc) is 2.79. The highest BCUT2D eigenvalue weighted by Gasteiger charge is 2.33. The summed E-state index contributed by atoms with van der Waals surface area (Å²) >= 11 is 0. The van der Waals surface area contributed by atoms with Crippen LogP contribution in [-0.4, -0.2) is 75.1 Å². The van der Waals surface area contributed by atoms with E-state index in [0.717, 1.165) is 25.9 Å². The summed E-state index contributed by atoms with van der Waals surface area (Å²) in [5.41, 5.74) is 0. The summed E-state index contributed by atoms with van der Waals surface area (Å²) in [5, 5.41) is 2.89. The van der Waals surface area contributed by atoms with Crippen LogP contribution in [0.15, 0.2) is 0 Å². The van der Waals surface area contributed by atoms with Gasteiger partial charge in [-0.2, -0.15) is 0 Å². The summed E-state index contributed by atoms with van der Waals surface area (Å²) in [5.74, 6) is -0.0952. The van der Waals surface area contributed by atoms with Gasteiger partial charge < -0.3 is 19.9 Å². The van der Waals surface area contributed by atoms with Crippen molar-refractivity contribution in [3.63, 3.8) is 0 Å². The first-order valence-corrected chi connectivity index (χ1v) is 7.82. The highest BCUT2D eigenvalue weighted by Crippen LogP contribution is 2.18. The molecule has 6 nitrogen and oxygen atoms in total. The zero-order valence-corrected chi connectivity index (χ0v) is 13.6. The van der Waals surface area contributed by atoms with E-state index in [1.165, 1.54) is 0 Å². The number of ether oxygens (including phenoxy) is 1. The Bertz CT molecular complexity index is 334. The molecule has 1 N–H and O–H groups in total. The number of nitrogens with one attached hydrogen (secondary N) is 1. The van der Waals surface area contributed by atoms with E-state index in [4.69, 9.17) is 4.74 Å². The van der Waals surface area contributed by atoms with Crippen LogP contribution < -0.4 is 5.32 Å². The van der Waals surface area contributed by atoms with Gasteiger partial charge in [0.2, 0.25) is 11.8 Å². The molecule has 0 aromatic rings. The van der Waals surface area contributed by atoms with Gasteiger partial charge in [0, 0.05) is 39.3 Å². The Labute approximate surface area is 127 Å². The third-order valence-electron chi connectivity index (χ3n) is 3.59. The highest BCUT2D eigenvalue weighted by molar-refractivity contribution is 5.89. The summed E-state index contributed by atoms with van der Waals surface area (Å²) in [6.07, 6.45) is 2.10. The molecule has 0 aliphatic carbocycles. The van der Waals surface area contributed by atoms with Crippen LogP contribution in [-0.2, 0) is 14.3 Å². The SMILES string of the molecule is CCOCCCNC(=O)C1CC(=O)N(CCCN(C)C)C1. The molecular weight excluding hydrogens is 270 g/mol. The van der Waals surface area contributed by atoms with Crippen LogP contribution in [0.3, 0.4) is 0 Å². The smallest absolute Gasteiger partial charge is 0.225 e. The normalized spacial score (nSPS) is 18.6. The second-order valence-corrected chi connectivity index (χ2v) is 5.74. The maximum atomic E-state index is 12.0. The Morgan fingerprint density at radius 1 is 1.43 bits per heavy atom. The van der Waals surface area contributed by atoms with E-state index < -0.39 is 0 Å². The molecule has 1 aliphatic rings. The molecule has 1 aliphatic heterocycles. The number of rotatable bonds is 10. The molecule has 1 rings (SSSR count). The van der Waals surface area contributed by atoms with Gasteiger partial charge in [-0.1, -0.05) is 0 Å². The molecule has 0 radical (unpaired) electrons. The van der Waals surface area contributed by atoms with E-state index in [1.807, 2.05) is 25.9 Å². The second kappa shape index (κ2) is 9.73. The summed E-state index contributed by atoms with van der Waals surface area (Å²) in [7, 11) is 4.04. The van der Waals surface area contributed by atoms with Crippen molar-refractivity contribution < 1.29 is 14.3 Å². The molecule has 0 spiro atoms. The zero-order chi connectivity index (χ0) is 15.7. The van der Waals surface area contributed by atoms with E-state index in [-0.39, 0.29) is 17.7 Å². The monoisotopic (exact) mass is 299 g/mol. The molecule has 0 bridgehead atoms. The van der Waals surface area contributed by atoms with Gasteiger partial charge in [-0.25, -0.2) is 0 Å². The van der Waals surface area contributed by atoms with Crippen molar-refractivity contribution in [2.24, 2.45) is 5.92 Å². The van der Waals surface area contributed by atoms with Crippen molar-refractivity contribution in [3.8, 4) is 0 Å². The molecule has 0 aromatic carbocycles. The fourth-order valence-electron chi connectivity index (χ4n) is 2.42. The van der Waals surface area contributed by atoms with Gasteiger partial charge in [-0.05, 0) is 40.4 Å². The number of hydrogen-bond donors (Lipinski definition) is 1. The lowest BCUT2D eigenvalue weighted by Crippen LogP contribution is -2.34. The van der Waals surface area contributed by atoms with Crippen molar-refractivity contribution in [1.82, 2.24) is 15.1 Å². The topological polar surface area (TPSA) is 61.9 Å². The van der Waals surface area contributed by atoms with Gasteiger partial charge in [0.25, 0.3) is 0 Å². The third kappa shape index (κ3) is 6.91. The van der Waals surface area contributed by atoms with Crippen LogP contribution in [0.1, 0.15) is 26.2 Å². The number of amides is 2. The molecule has 1 fully saturated rings. The quantitative estimate of drug-likeness (QED) is 0.591. The lowest BCUT2D eigenvalue weighted by atomic mass is 10.1. The van der Waals surface area contributed by atoms with E-state index in [9.17, 15) is 9.59 Å². The Balaban J connectivity index is 2.21. The molecule has 6 heteroatoms. The molecule has 1 heterocycles. The molecule has 21 heavy (non-hydrogen) atoms. The van der Waals surface area contributed by atoms with Crippen LogP contribution in [0.5, 0.6) is 0 Å². The number of carbonyl (C=O) groups is 2. The van der Waals surface area contributed by atoms with Gasteiger partial charge in [-0.15, -0.1) is 0 Å². The van der Waals surface area contributed by atoms with Gasteiger partial charge in [0.1, 0.15) is 0 Å². The molecular formula is C15H29N3O3. The Kier molecular flexibility index (Phi) is 8.30. The van der Waals surface area contributed by atoms with Gasteiger partial charge in [-0.3, -0.25) is 9.59 Å². The van der Waals surface area contributed by atoms with E-state index in [1.54, 1.807) is 0 Å². The second-order valence-electron chi connectivity index (χ2n) is 5.74. The first-order valence-electron chi connectivity index (χ1n) is 7.82. The summed E-state index contributed by atoms with van der Waals surface area (Å²) in [6, 6.07) is 0. The average molecular weight is 299 g/mol. The van der Waals surface area contributed by atoms with Crippen molar-refractivity contribution in [1.29, 1.82) is 0 Å². The number of hydrogen-bond acceptors (Lipinski definition) is 4. The minimum Gasteiger partial charge on any atom is -0.382 e. The van der Waals surface area contributed by atoms with Crippen molar-refractivity contribution >= 4 is 11.8 Å². The largest absolute Gasteiger partial charge is 0.382 e. The third-order valence-corrected chi connectivity index (χ3v) is 3.59. The molecule has 0 saturated carbocycles. The molecule has 1 saturated heterocycles. The van der Waals surface area contributed by atoms with Crippen LogP contribution >= 0.6 is 0 Å². The highest BCUT2D eigenvalue weighted by atomic mass is 16.5. The van der Waals surface area contributed by atoms with E-state index in [2.05, 4.69) is 10.2 Å². The van der Waals surface area contributed by atoms with Crippen molar-refractivity contribution in [2.45, 2.75) is 26.2 Å². The zero-order valence-electron chi connectivity index (χ0n) is 13.6. The molecule has 1 unspecified atom stereocenters. The first-order chi connectivity index (χ1) is 10.0. The van der Waals surface area contributed by atoms with E-state index >= 15 is 0 Å². The molecule has 0 aromatic heterocycles. The van der Waals surface area contributed by atoms with Crippen LogP contribution in [0.4, 0.5) is 0 Å². The first kappa shape index (κ1) is 17.9.